The summed E-state index contributed by atoms with van der Waals surface area (Å²) < 4.78 is 12.9. The van der Waals surface area contributed by atoms with Crippen LogP contribution in [0, 0.1) is 13.8 Å². The number of anilines is 1. The number of nitrogens with one attached hydrogen (secondary N) is 1. The van der Waals surface area contributed by atoms with Crippen molar-refractivity contribution in [3.8, 4) is 11.5 Å². The lowest BCUT2D eigenvalue weighted by Gasteiger charge is -2.21. The quantitative estimate of drug-likeness (QED) is 0.304. The number of hydrogen-bond donors (Lipinski definition) is 1. The van der Waals surface area contributed by atoms with Crippen molar-refractivity contribution in [2.24, 2.45) is 0 Å². The Balaban J connectivity index is 1.78. The zero-order valence-corrected chi connectivity index (χ0v) is 17.7. The molecule has 4 rings (SSSR count). The summed E-state index contributed by atoms with van der Waals surface area (Å²) in [6, 6.07) is 16.8. The van der Waals surface area contributed by atoms with E-state index in [1.165, 1.54) is 0 Å². The zero-order valence-electron chi connectivity index (χ0n) is 16.8. The lowest BCUT2D eigenvalue weighted by molar-refractivity contribution is -0.577. The molecule has 0 bridgehead atoms. The molecule has 0 spiro atoms. The molecule has 0 aliphatic carbocycles. The highest BCUT2D eigenvalue weighted by atomic mass is 32.1. The first kappa shape index (κ1) is 19.9. The molecule has 0 unspecified atom stereocenters. The van der Waals surface area contributed by atoms with Crippen LogP contribution in [0.15, 0.2) is 67.0 Å². The topological polar surface area (TPSA) is 57.4 Å². The summed E-state index contributed by atoms with van der Waals surface area (Å²) >= 11 is 5.69. The van der Waals surface area contributed by atoms with Crippen LogP contribution >= 0.6 is 12.2 Å². The van der Waals surface area contributed by atoms with Crippen LogP contribution in [0.5, 0.6) is 11.5 Å². The second-order valence-electron chi connectivity index (χ2n) is 7.02. The van der Waals surface area contributed by atoms with E-state index in [0.717, 1.165) is 16.8 Å². The highest BCUT2D eigenvalue weighted by molar-refractivity contribution is 7.81. The van der Waals surface area contributed by atoms with Crippen molar-refractivity contribution >= 4 is 34.3 Å². The smallest absolute Gasteiger partial charge is 0.238 e. The standard InChI is InChI=1S/C24H22N2O3S/c1-16-7-6-8-19(17(16)2)25-24(30)22(26-11-4-3-5-12-26)23(27)18-9-10-20-21(15-18)29-14-13-28-20/h3-12,15H,13-14H2,1-2H3,(H-,25,27,30). The fourth-order valence-electron chi connectivity index (χ4n) is 3.27. The van der Waals surface area contributed by atoms with Gasteiger partial charge in [-0.25, -0.2) is 0 Å². The third-order valence-electron chi connectivity index (χ3n) is 5.06. The van der Waals surface area contributed by atoms with Crippen molar-refractivity contribution in [1.82, 2.24) is 0 Å². The number of rotatable bonds is 4. The minimum Gasteiger partial charge on any atom is -0.867 e. The summed E-state index contributed by atoms with van der Waals surface area (Å²) in [6.07, 6.45) is 3.62. The van der Waals surface area contributed by atoms with E-state index < -0.39 is 0 Å². The van der Waals surface area contributed by atoms with Gasteiger partial charge in [-0.15, -0.1) is 0 Å². The van der Waals surface area contributed by atoms with Crippen molar-refractivity contribution in [2.45, 2.75) is 13.8 Å². The predicted octanol–water partition coefficient (Wildman–Crippen LogP) is 3.49. The molecule has 1 aliphatic rings. The Morgan fingerprint density at radius 3 is 2.47 bits per heavy atom. The molecule has 5 nitrogen and oxygen atoms in total. The highest BCUT2D eigenvalue weighted by Crippen LogP contribution is 2.32. The second-order valence-corrected chi connectivity index (χ2v) is 7.43. The number of fused-ring (bicyclic) bond motifs is 1. The van der Waals surface area contributed by atoms with Crippen LogP contribution in [0.1, 0.15) is 16.7 Å². The molecular weight excluding hydrogens is 396 g/mol. The number of pyridine rings is 1. The number of aryl methyl sites for hydroxylation is 1. The van der Waals surface area contributed by atoms with Gasteiger partial charge in [-0.3, -0.25) is 0 Å². The Kier molecular flexibility index (Phi) is 5.68. The van der Waals surface area contributed by atoms with Gasteiger partial charge in [0.1, 0.15) is 13.2 Å². The average molecular weight is 419 g/mol. The molecule has 0 fully saturated rings. The van der Waals surface area contributed by atoms with E-state index >= 15 is 0 Å². The summed E-state index contributed by atoms with van der Waals surface area (Å²) in [5.41, 5.74) is 3.96. The fraction of sp³-hybridized carbons (Fsp3) is 0.167. The van der Waals surface area contributed by atoms with Crippen molar-refractivity contribution in [3.63, 3.8) is 0 Å². The number of thiocarbonyl (C=S) groups is 1. The maximum absolute atomic E-state index is 13.5. The zero-order chi connectivity index (χ0) is 21.1. The van der Waals surface area contributed by atoms with E-state index in [0.29, 0.717) is 41.0 Å². The van der Waals surface area contributed by atoms with E-state index in [1.807, 2.05) is 62.6 Å². The first-order valence-corrected chi connectivity index (χ1v) is 10.1. The number of benzene rings is 2. The summed E-state index contributed by atoms with van der Waals surface area (Å²) in [5.74, 6) is 1.01. The molecule has 2 aromatic carbocycles. The largest absolute Gasteiger partial charge is 0.867 e. The Bertz CT molecular complexity index is 1130. The second kappa shape index (κ2) is 8.55. The molecule has 30 heavy (non-hydrogen) atoms. The summed E-state index contributed by atoms with van der Waals surface area (Å²) in [5, 5.41) is 16.8. The maximum Gasteiger partial charge on any atom is 0.238 e. The van der Waals surface area contributed by atoms with E-state index in [-0.39, 0.29) is 5.76 Å². The van der Waals surface area contributed by atoms with Crippen molar-refractivity contribution in [3.05, 3.63) is 83.7 Å². The van der Waals surface area contributed by atoms with Crippen LogP contribution in [0.3, 0.4) is 0 Å². The van der Waals surface area contributed by atoms with Gasteiger partial charge in [0.25, 0.3) is 0 Å². The van der Waals surface area contributed by atoms with Gasteiger partial charge >= 0.3 is 0 Å². The first-order chi connectivity index (χ1) is 14.5. The van der Waals surface area contributed by atoms with Crippen LogP contribution < -0.4 is 24.5 Å². The van der Waals surface area contributed by atoms with E-state index in [9.17, 15) is 5.11 Å². The first-order valence-electron chi connectivity index (χ1n) is 9.70. The molecule has 0 radical (unpaired) electrons. The van der Waals surface area contributed by atoms with Gasteiger partial charge in [-0.2, -0.15) is 4.57 Å². The van der Waals surface area contributed by atoms with Crippen LogP contribution in [-0.4, -0.2) is 18.2 Å². The molecule has 1 aliphatic heterocycles. The Hall–Kier alpha value is -3.38. The van der Waals surface area contributed by atoms with Gasteiger partial charge in [0.15, 0.2) is 28.9 Å². The van der Waals surface area contributed by atoms with Crippen molar-refractivity contribution < 1.29 is 19.1 Å². The molecule has 6 heteroatoms. The van der Waals surface area contributed by atoms with E-state index in [2.05, 4.69) is 5.32 Å². The van der Waals surface area contributed by atoms with E-state index in [1.54, 1.807) is 22.8 Å². The van der Waals surface area contributed by atoms with Crippen LogP contribution in [0.25, 0.3) is 11.5 Å². The summed E-state index contributed by atoms with van der Waals surface area (Å²) in [7, 11) is 0. The van der Waals surface area contributed by atoms with Gasteiger partial charge in [0.2, 0.25) is 5.70 Å². The molecular formula is C24H22N2O3S. The molecule has 0 atom stereocenters. The summed E-state index contributed by atoms with van der Waals surface area (Å²) in [6.45, 7) is 5.03. The Morgan fingerprint density at radius 1 is 0.967 bits per heavy atom. The number of nitrogens with zero attached hydrogens (tertiary/aromatic N) is 1. The molecule has 1 aromatic heterocycles. The van der Waals surface area contributed by atoms with Crippen LogP contribution in [-0.2, 0) is 0 Å². The molecule has 0 amide bonds. The Morgan fingerprint density at radius 2 is 1.70 bits per heavy atom. The van der Waals surface area contributed by atoms with Gasteiger partial charge < -0.3 is 19.9 Å². The SMILES string of the molecule is Cc1cccc(NC(=S)C(=C([O-])c2ccc3c(c2)OCCO3)[n+]2ccccc2)c1C. The Labute approximate surface area is 181 Å². The molecule has 2 heterocycles. The van der Waals surface area contributed by atoms with Gasteiger partial charge in [-0.1, -0.05) is 36.5 Å². The van der Waals surface area contributed by atoms with Crippen LogP contribution in [0.2, 0.25) is 0 Å². The minimum atomic E-state index is -0.203. The van der Waals surface area contributed by atoms with Gasteiger partial charge in [-0.05, 0) is 54.5 Å². The third kappa shape index (κ3) is 4.00. The van der Waals surface area contributed by atoms with Crippen molar-refractivity contribution in [1.29, 1.82) is 0 Å². The number of hydrogen-bond acceptors (Lipinski definition) is 4. The van der Waals surface area contributed by atoms with Gasteiger partial charge in [0, 0.05) is 17.8 Å². The van der Waals surface area contributed by atoms with Gasteiger partial charge in [0.05, 0.1) is 0 Å². The predicted molar refractivity (Wildman–Crippen MR) is 119 cm³/mol. The maximum atomic E-state index is 13.5. The monoisotopic (exact) mass is 418 g/mol. The molecule has 0 saturated carbocycles. The van der Waals surface area contributed by atoms with Crippen molar-refractivity contribution in [2.75, 3.05) is 18.5 Å². The number of aromatic nitrogens is 1. The highest BCUT2D eigenvalue weighted by Gasteiger charge is 2.20. The fourth-order valence-corrected chi connectivity index (χ4v) is 3.58. The van der Waals surface area contributed by atoms with Crippen LogP contribution in [0.4, 0.5) is 5.69 Å². The van der Waals surface area contributed by atoms with E-state index in [4.69, 9.17) is 21.7 Å². The third-order valence-corrected chi connectivity index (χ3v) is 5.36. The lowest BCUT2D eigenvalue weighted by Crippen LogP contribution is -2.39. The average Bonchev–Trinajstić information content (AvgIpc) is 2.77. The summed E-state index contributed by atoms with van der Waals surface area (Å²) in [4.78, 5) is 0.347. The lowest BCUT2D eigenvalue weighted by atomic mass is 10.1. The molecule has 152 valence electrons. The number of ether oxygens (including phenoxy) is 2. The minimum absolute atomic E-state index is 0.203. The molecule has 3 aromatic rings. The molecule has 1 N–H and O–H groups in total. The molecule has 0 saturated heterocycles. The normalized spacial score (nSPS) is 13.4.